The molecule has 188 valence electrons. The van der Waals surface area contributed by atoms with Gasteiger partial charge in [-0.2, -0.15) is 0 Å². The van der Waals surface area contributed by atoms with E-state index >= 15 is 0 Å². The van der Waals surface area contributed by atoms with Crippen LogP contribution in [0.25, 0.3) is 0 Å². The van der Waals surface area contributed by atoms with Gasteiger partial charge >= 0.3 is 0 Å². The van der Waals surface area contributed by atoms with E-state index < -0.39 is 0 Å². The summed E-state index contributed by atoms with van der Waals surface area (Å²) in [4.78, 5) is 27.3. The Kier molecular flexibility index (Phi) is 6.81. The van der Waals surface area contributed by atoms with Gasteiger partial charge in [0.25, 0.3) is 5.91 Å². The Bertz CT molecular complexity index is 1260. The quantitative estimate of drug-likeness (QED) is 0.467. The van der Waals surface area contributed by atoms with Crippen molar-refractivity contribution in [1.82, 2.24) is 10.2 Å². The van der Waals surface area contributed by atoms with Crippen LogP contribution in [-0.4, -0.2) is 29.8 Å². The molecule has 1 aliphatic heterocycles. The number of carbonyl (C=O) groups is 2. The predicted molar refractivity (Wildman–Crippen MR) is 133 cm³/mol. The summed E-state index contributed by atoms with van der Waals surface area (Å²) in [6, 6.07) is 15.4. The van der Waals surface area contributed by atoms with Gasteiger partial charge in [-0.15, -0.1) is 0 Å². The second kappa shape index (κ2) is 10.2. The van der Waals surface area contributed by atoms with Crippen molar-refractivity contribution in [2.45, 2.75) is 45.8 Å². The van der Waals surface area contributed by atoms with Crippen LogP contribution < -0.4 is 10.1 Å². The smallest absolute Gasteiger partial charge is 0.287 e. The number of carbonyl (C=O) groups excluding carboxylic acids is 2. The molecule has 2 heterocycles. The highest BCUT2D eigenvalue weighted by Gasteiger charge is 2.39. The Balaban J connectivity index is 1.35. The molecule has 1 N–H and O–H groups in total. The van der Waals surface area contributed by atoms with Crippen molar-refractivity contribution in [3.05, 3.63) is 88.6 Å². The largest absolute Gasteiger partial charge is 0.486 e. The molecule has 3 aromatic rings. The van der Waals surface area contributed by atoms with Crippen molar-refractivity contribution in [3.8, 4) is 5.75 Å². The highest BCUT2D eigenvalue weighted by molar-refractivity contribution is 5.91. The second-order valence-electron chi connectivity index (χ2n) is 10.0. The average Bonchev–Trinajstić information content (AvgIpc) is 3.62. The molecule has 1 saturated carbocycles. The lowest BCUT2D eigenvalue weighted by molar-refractivity contribution is -0.134. The van der Waals surface area contributed by atoms with Crippen molar-refractivity contribution in [1.29, 1.82) is 0 Å². The maximum absolute atomic E-state index is 14.2. The summed E-state index contributed by atoms with van der Waals surface area (Å²) in [6.45, 7) is 5.40. The van der Waals surface area contributed by atoms with Crippen LogP contribution in [0, 0.1) is 17.7 Å². The highest BCUT2D eigenvalue weighted by atomic mass is 19.1. The first-order chi connectivity index (χ1) is 17.4. The van der Waals surface area contributed by atoms with Gasteiger partial charge in [-0.05, 0) is 78.3 Å². The fraction of sp³-hybridized carbons (Fsp3) is 0.379. The number of hydrogen-bond donors (Lipinski definition) is 1. The number of rotatable bonds is 8. The van der Waals surface area contributed by atoms with Crippen molar-refractivity contribution < 1.29 is 23.1 Å². The monoisotopic (exact) mass is 490 g/mol. The molecule has 1 unspecified atom stereocenters. The van der Waals surface area contributed by atoms with Crippen molar-refractivity contribution in [2.75, 3.05) is 13.1 Å². The van der Waals surface area contributed by atoms with Gasteiger partial charge in [0, 0.05) is 19.0 Å². The van der Waals surface area contributed by atoms with Gasteiger partial charge in [0.15, 0.2) is 5.76 Å². The van der Waals surface area contributed by atoms with Crippen LogP contribution in [0.5, 0.6) is 5.75 Å². The summed E-state index contributed by atoms with van der Waals surface area (Å²) < 4.78 is 25.8. The van der Waals surface area contributed by atoms with Crippen molar-refractivity contribution >= 4 is 11.8 Å². The fourth-order valence-corrected chi connectivity index (χ4v) is 4.64. The maximum Gasteiger partial charge on any atom is 0.287 e. The molecule has 6 nitrogen and oxygen atoms in total. The third kappa shape index (κ3) is 5.30. The summed E-state index contributed by atoms with van der Waals surface area (Å²) >= 11 is 0. The van der Waals surface area contributed by atoms with Crippen molar-refractivity contribution in [2.24, 2.45) is 11.8 Å². The van der Waals surface area contributed by atoms with Gasteiger partial charge < -0.3 is 19.4 Å². The lowest BCUT2D eigenvalue weighted by atomic mass is 9.87. The molecule has 2 aromatic carbocycles. The van der Waals surface area contributed by atoms with E-state index in [9.17, 15) is 14.0 Å². The molecular formula is C29H31FN2O4. The summed E-state index contributed by atoms with van der Waals surface area (Å²) in [5.74, 6) is 1.40. The van der Waals surface area contributed by atoms with Gasteiger partial charge in [0.05, 0.1) is 6.04 Å². The predicted octanol–water partition coefficient (Wildman–Crippen LogP) is 5.27. The van der Waals surface area contributed by atoms with E-state index in [0.717, 1.165) is 36.0 Å². The van der Waals surface area contributed by atoms with E-state index in [1.807, 2.05) is 43.0 Å². The Morgan fingerprint density at radius 2 is 1.97 bits per heavy atom. The van der Waals surface area contributed by atoms with Gasteiger partial charge in [0.2, 0.25) is 5.91 Å². The third-order valence-electron chi connectivity index (χ3n) is 6.66. The molecule has 0 spiro atoms. The zero-order valence-electron chi connectivity index (χ0n) is 20.6. The molecule has 1 aromatic heterocycles. The van der Waals surface area contributed by atoms with Crippen LogP contribution in [0.3, 0.4) is 0 Å². The molecule has 5 rings (SSSR count). The number of amides is 2. The van der Waals surface area contributed by atoms with E-state index in [0.29, 0.717) is 30.5 Å². The molecule has 0 bridgehead atoms. The maximum atomic E-state index is 14.2. The first-order valence-corrected chi connectivity index (χ1v) is 12.6. The van der Waals surface area contributed by atoms with Crippen LogP contribution in [0.15, 0.2) is 59.0 Å². The fourth-order valence-electron chi connectivity index (χ4n) is 4.64. The number of ether oxygens (including phenoxy) is 1. The zero-order valence-corrected chi connectivity index (χ0v) is 20.6. The average molecular weight is 491 g/mol. The van der Waals surface area contributed by atoms with Crippen LogP contribution >= 0.6 is 0 Å². The van der Waals surface area contributed by atoms with E-state index in [1.165, 1.54) is 12.1 Å². The van der Waals surface area contributed by atoms with Crippen LogP contribution in [0.2, 0.25) is 0 Å². The van der Waals surface area contributed by atoms with Crippen LogP contribution in [0.4, 0.5) is 4.39 Å². The van der Waals surface area contributed by atoms with E-state index in [1.54, 1.807) is 18.2 Å². The first kappa shape index (κ1) is 24.1. The molecule has 2 amide bonds. The van der Waals surface area contributed by atoms with Gasteiger partial charge in [-0.3, -0.25) is 9.59 Å². The molecule has 1 atom stereocenters. The Labute approximate surface area is 210 Å². The molecule has 2 aliphatic rings. The molecule has 36 heavy (non-hydrogen) atoms. The number of nitrogens with zero attached hydrogens (tertiary/aromatic N) is 1. The zero-order chi connectivity index (χ0) is 25.2. The number of furan rings is 1. The van der Waals surface area contributed by atoms with Gasteiger partial charge in [-0.25, -0.2) is 4.39 Å². The highest BCUT2D eigenvalue weighted by Crippen LogP contribution is 2.41. The molecule has 1 fully saturated rings. The molecule has 0 radical (unpaired) electrons. The lowest BCUT2D eigenvalue weighted by Crippen LogP contribution is -2.41. The standard InChI is InChI=1S/C29H31FN2O4/c1-18(2)16-31-28(33)26-11-10-24(36-26)17-35-23-9-8-19-12-13-32(29(34)20-6-7-20)27(25(19)15-23)21-4-3-5-22(30)14-21/h3-5,8-11,14-15,18,20,27H,6-7,12-13,16-17H2,1-2H3,(H,31,33). The summed E-state index contributed by atoms with van der Waals surface area (Å²) in [6.07, 6.45) is 2.58. The topological polar surface area (TPSA) is 71.8 Å². The minimum Gasteiger partial charge on any atom is -0.486 e. The van der Waals surface area contributed by atoms with Gasteiger partial charge in [0.1, 0.15) is 23.9 Å². The summed E-state index contributed by atoms with van der Waals surface area (Å²) in [5.41, 5.74) is 2.83. The van der Waals surface area contributed by atoms with E-state index in [2.05, 4.69) is 5.32 Å². The lowest BCUT2D eigenvalue weighted by Gasteiger charge is -2.38. The number of halogens is 1. The third-order valence-corrected chi connectivity index (χ3v) is 6.66. The minimum absolute atomic E-state index is 0.0768. The molecule has 0 saturated heterocycles. The number of fused-ring (bicyclic) bond motifs is 1. The summed E-state index contributed by atoms with van der Waals surface area (Å²) in [7, 11) is 0. The Morgan fingerprint density at radius 1 is 1.14 bits per heavy atom. The van der Waals surface area contributed by atoms with Gasteiger partial charge in [-0.1, -0.05) is 32.0 Å². The number of hydrogen-bond acceptors (Lipinski definition) is 4. The minimum atomic E-state index is -0.360. The van der Waals surface area contributed by atoms with E-state index in [4.69, 9.17) is 9.15 Å². The number of nitrogens with one attached hydrogen (secondary N) is 1. The molecular weight excluding hydrogens is 459 g/mol. The number of benzene rings is 2. The van der Waals surface area contributed by atoms with E-state index in [-0.39, 0.29) is 42.0 Å². The summed E-state index contributed by atoms with van der Waals surface area (Å²) in [5, 5.41) is 2.84. The normalized spacial score (nSPS) is 17.1. The first-order valence-electron chi connectivity index (χ1n) is 12.6. The second-order valence-corrected chi connectivity index (χ2v) is 10.0. The Hall–Kier alpha value is -3.61. The molecule has 1 aliphatic carbocycles. The van der Waals surface area contributed by atoms with Crippen LogP contribution in [0.1, 0.15) is 65.7 Å². The van der Waals surface area contributed by atoms with Crippen molar-refractivity contribution in [3.63, 3.8) is 0 Å². The SMILES string of the molecule is CC(C)CNC(=O)c1ccc(COc2ccc3c(c2)C(c2cccc(F)c2)N(C(=O)C2CC2)CC3)o1. The van der Waals surface area contributed by atoms with Crippen LogP contribution in [-0.2, 0) is 17.8 Å². The Morgan fingerprint density at radius 3 is 2.72 bits per heavy atom. The molecule has 7 heteroatoms.